The lowest BCUT2D eigenvalue weighted by atomic mass is 10.2. The summed E-state index contributed by atoms with van der Waals surface area (Å²) in [6.45, 7) is 2.54. The highest BCUT2D eigenvalue weighted by molar-refractivity contribution is 7.09. The van der Waals surface area contributed by atoms with E-state index < -0.39 is 0 Å². The van der Waals surface area contributed by atoms with Gasteiger partial charge in [0.1, 0.15) is 11.4 Å². The number of para-hydroxylation sites is 1. The zero-order chi connectivity index (χ0) is 14.7. The van der Waals surface area contributed by atoms with Gasteiger partial charge in [-0.2, -0.15) is 0 Å². The van der Waals surface area contributed by atoms with E-state index in [-0.39, 0.29) is 10.6 Å². The van der Waals surface area contributed by atoms with E-state index in [2.05, 4.69) is 10.3 Å². The van der Waals surface area contributed by atoms with Gasteiger partial charge < -0.3 is 10.2 Å². The van der Waals surface area contributed by atoms with Gasteiger partial charge in [0.05, 0.1) is 22.7 Å². The molecule has 0 amide bonds. The van der Waals surface area contributed by atoms with Crippen LogP contribution < -0.4 is 10.2 Å². The number of nitro benzene ring substituents is 1. The first-order chi connectivity index (χ1) is 9.54. The predicted octanol–water partition coefficient (Wildman–Crippen LogP) is 3.04. The number of aryl methyl sites for hydroxylation is 1. The van der Waals surface area contributed by atoms with Crippen LogP contribution in [0.4, 0.5) is 17.1 Å². The number of hydrogen-bond acceptors (Lipinski definition) is 6. The molecule has 0 fully saturated rings. The Morgan fingerprint density at radius 2 is 2.25 bits per heavy atom. The van der Waals surface area contributed by atoms with E-state index in [1.807, 2.05) is 24.9 Å². The molecule has 0 spiro atoms. The summed E-state index contributed by atoms with van der Waals surface area (Å²) in [5, 5.41) is 14.2. The van der Waals surface area contributed by atoms with E-state index in [1.165, 1.54) is 0 Å². The molecule has 0 saturated carbocycles. The van der Waals surface area contributed by atoms with Crippen LogP contribution in [0.15, 0.2) is 23.7 Å². The minimum Gasteiger partial charge on any atom is -0.382 e. The van der Waals surface area contributed by atoms with Crippen LogP contribution in [-0.4, -0.2) is 24.0 Å². The fourth-order valence-electron chi connectivity index (χ4n) is 2.01. The Kier molecular flexibility index (Phi) is 4.19. The lowest BCUT2D eigenvalue weighted by Gasteiger charge is -2.19. The highest BCUT2D eigenvalue weighted by atomic mass is 32.1. The van der Waals surface area contributed by atoms with Crippen LogP contribution in [0.3, 0.4) is 0 Å². The van der Waals surface area contributed by atoms with Gasteiger partial charge in [0.15, 0.2) is 0 Å². The molecule has 1 heterocycles. The number of anilines is 2. The molecule has 0 radical (unpaired) electrons. The molecule has 7 heteroatoms. The maximum atomic E-state index is 11.3. The summed E-state index contributed by atoms with van der Waals surface area (Å²) in [5.74, 6) is 0. The van der Waals surface area contributed by atoms with Crippen LogP contribution in [0.2, 0.25) is 0 Å². The normalized spacial score (nSPS) is 10.3. The first kappa shape index (κ1) is 14.3. The second-order valence-corrected chi connectivity index (χ2v) is 5.34. The summed E-state index contributed by atoms with van der Waals surface area (Å²) in [6.07, 6.45) is 0. The van der Waals surface area contributed by atoms with Crippen molar-refractivity contribution >= 4 is 28.4 Å². The average molecular weight is 292 g/mol. The van der Waals surface area contributed by atoms with Crippen LogP contribution in [0, 0.1) is 17.0 Å². The van der Waals surface area contributed by atoms with Gasteiger partial charge in [-0.25, -0.2) is 4.98 Å². The minimum absolute atomic E-state index is 0.0969. The van der Waals surface area contributed by atoms with E-state index in [0.717, 1.165) is 10.6 Å². The van der Waals surface area contributed by atoms with Crippen LogP contribution in [0.1, 0.15) is 10.6 Å². The number of aromatic nitrogens is 1. The van der Waals surface area contributed by atoms with Gasteiger partial charge in [-0.3, -0.25) is 10.1 Å². The Bertz CT molecular complexity index is 627. The summed E-state index contributed by atoms with van der Waals surface area (Å²) in [4.78, 5) is 18.1. The quantitative estimate of drug-likeness (QED) is 0.677. The second kappa shape index (κ2) is 5.87. The number of nitrogens with zero attached hydrogens (tertiary/aromatic N) is 3. The molecule has 0 bridgehead atoms. The summed E-state index contributed by atoms with van der Waals surface area (Å²) >= 11 is 1.56. The number of benzene rings is 1. The molecule has 1 aromatic heterocycles. The highest BCUT2D eigenvalue weighted by Crippen LogP contribution is 2.35. The molecule has 2 rings (SSSR count). The molecule has 0 atom stereocenters. The van der Waals surface area contributed by atoms with Gasteiger partial charge in [-0.1, -0.05) is 6.07 Å². The summed E-state index contributed by atoms with van der Waals surface area (Å²) < 4.78 is 0. The molecule has 6 nitrogen and oxygen atoms in total. The SMILES string of the molecule is CNc1cccc(N(C)Cc2scnc2C)c1[N+](=O)[O-]. The second-order valence-electron chi connectivity index (χ2n) is 4.40. The third-order valence-electron chi connectivity index (χ3n) is 3.10. The Balaban J connectivity index is 2.37. The summed E-state index contributed by atoms with van der Waals surface area (Å²) in [7, 11) is 3.53. The topological polar surface area (TPSA) is 71.3 Å². The van der Waals surface area contributed by atoms with E-state index in [4.69, 9.17) is 0 Å². The Hall–Kier alpha value is -2.15. The van der Waals surface area contributed by atoms with Crippen LogP contribution >= 0.6 is 11.3 Å². The maximum Gasteiger partial charge on any atom is 0.315 e. The molecular formula is C13H16N4O2S. The van der Waals surface area contributed by atoms with Crippen molar-refractivity contribution < 1.29 is 4.92 Å². The van der Waals surface area contributed by atoms with E-state index in [1.54, 1.807) is 36.0 Å². The van der Waals surface area contributed by atoms with Gasteiger partial charge in [0, 0.05) is 19.0 Å². The van der Waals surface area contributed by atoms with Crippen molar-refractivity contribution in [3.63, 3.8) is 0 Å². The van der Waals surface area contributed by atoms with E-state index in [9.17, 15) is 10.1 Å². The Morgan fingerprint density at radius 3 is 2.80 bits per heavy atom. The predicted molar refractivity (Wildman–Crippen MR) is 81.6 cm³/mol. The summed E-state index contributed by atoms with van der Waals surface area (Å²) in [5.41, 5.74) is 3.96. The third kappa shape index (κ3) is 2.72. The molecule has 106 valence electrons. The molecular weight excluding hydrogens is 276 g/mol. The standard InChI is InChI=1S/C13H16N4O2S/c1-9-12(20-8-15-9)7-16(3)11-6-4-5-10(14-2)13(11)17(18)19/h4-6,8,14H,7H2,1-3H3. The first-order valence-corrected chi connectivity index (χ1v) is 6.97. The molecule has 2 aromatic rings. The van der Waals surface area contributed by atoms with Gasteiger partial charge in [-0.15, -0.1) is 11.3 Å². The maximum absolute atomic E-state index is 11.3. The van der Waals surface area contributed by atoms with Crippen molar-refractivity contribution in [3.05, 3.63) is 44.4 Å². The van der Waals surface area contributed by atoms with Crippen LogP contribution in [0.5, 0.6) is 0 Å². The lowest BCUT2D eigenvalue weighted by molar-refractivity contribution is -0.383. The zero-order valence-electron chi connectivity index (χ0n) is 11.6. The average Bonchev–Trinajstić information content (AvgIpc) is 2.83. The van der Waals surface area contributed by atoms with Gasteiger partial charge >= 0.3 is 5.69 Å². The van der Waals surface area contributed by atoms with Crippen molar-refractivity contribution in [3.8, 4) is 0 Å². The van der Waals surface area contributed by atoms with Crippen molar-refractivity contribution in [2.24, 2.45) is 0 Å². The van der Waals surface area contributed by atoms with Crippen molar-refractivity contribution in [2.45, 2.75) is 13.5 Å². The van der Waals surface area contributed by atoms with Gasteiger partial charge in [-0.05, 0) is 19.1 Å². The minimum atomic E-state index is -0.350. The molecule has 1 N–H and O–H groups in total. The number of rotatable bonds is 5. The first-order valence-electron chi connectivity index (χ1n) is 6.10. The lowest BCUT2D eigenvalue weighted by Crippen LogP contribution is -2.18. The number of nitro groups is 1. The largest absolute Gasteiger partial charge is 0.382 e. The van der Waals surface area contributed by atoms with Crippen LogP contribution in [-0.2, 0) is 6.54 Å². The molecule has 1 aromatic carbocycles. The number of thiazole rings is 1. The Labute approximate surface area is 121 Å². The molecule has 0 aliphatic heterocycles. The molecule has 20 heavy (non-hydrogen) atoms. The highest BCUT2D eigenvalue weighted by Gasteiger charge is 2.22. The molecule has 0 aliphatic rings. The smallest absolute Gasteiger partial charge is 0.315 e. The Morgan fingerprint density at radius 1 is 1.50 bits per heavy atom. The van der Waals surface area contributed by atoms with Crippen molar-refractivity contribution in [1.29, 1.82) is 0 Å². The van der Waals surface area contributed by atoms with Crippen molar-refractivity contribution in [2.75, 3.05) is 24.3 Å². The van der Waals surface area contributed by atoms with Crippen molar-refractivity contribution in [1.82, 2.24) is 4.98 Å². The van der Waals surface area contributed by atoms with Gasteiger partial charge in [0.2, 0.25) is 0 Å². The molecule has 0 aliphatic carbocycles. The number of hydrogen-bond donors (Lipinski definition) is 1. The van der Waals surface area contributed by atoms with Crippen LogP contribution in [0.25, 0.3) is 0 Å². The number of nitrogens with one attached hydrogen (secondary N) is 1. The zero-order valence-corrected chi connectivity index (χ0v) is 12.4. The monoisotopic (exact) mass is 292 g/mol. The fraction of sp³-hybridized carbons (Fsp3) is 0.308. The fourth-order valence-corrected chi connectivity index (χ4v) is 2.84. The molecule has 0 unspecified atom stereocenters. The van der Waals surface area contributed by atoms with Gasteiger partial charge in [0.25, 0.3) is 0 Å². The summed E-state index contributed by atoms with van der Waals surface area (Å²) in [6, 6.07) is 5.27. The third-order valence-corrected chi connectivity index (χ3v) is 4.02. The van der Waals surface area contributed by atoms with E-state index >= 15 is 0 Å². The molecule has 0 saturated heterocycles. The van der Waals surface area contributed by atoms with E-state index in [0.29, 0.717) is 17.9 Å².